The molecular weight excluding hydrogens is 206 g/mol. The van der Waals surface area contributed by atoms with Crippen molar-refractivity contribution in [3.63, 3.8) is 0 Å². The van der Waals surface area contributed by atoms with Crippen molar-refractivity contribution < 1.29 is 0 Å². The summed E-state index contributed by atoms with van der Waals surface area (Å²) in [5.74, 6) is 0.996. The third-order valence-electron chi connectivity index (χ3n) is 4.47. The number of piperidine rings is 1. The molecule has 1 atom stereocenters. The molecule has 102 valence electrons. The van der Waals surface area contributed by atoms with Crippen LogP contribution in [0.15, 0.2) is 0 Å². The molecule has 1 heterocycles. The fourth-order valence-corrected chi connectivity index (χ4v) is 3.50. The first-order chi connectivity index (χ1) is 8.30. The average Bonchev–Trinajstić information content (AvgIpc) is 3.16. The molecule has 3 aliphatic rings. The molecule has 1 saturated heterocycles. The molecule has 1 nitrogen and oxygen atoms in total. The Kier molecular flexibility index (Phi) is 5.99. The smallest absolute Gasteiger partial charge is 0.0215 e. The lowest BCUT2D eigenvalue weighted by atomic mass is 9.67. The van der Waals surface area contributed by atoms with Crippen LogP contribution in [0.1, 0.15) is 79.6 Å². The van der Waals surface area contributed by atoms with E-state index in [1.165, 1.54) is 51.5 Å². The van der Waals surface area contributed by atoms with Gasteiger partial charge in [-0.05, 0) is 57.4 Å². The Labute approximate surface area is 109 Å². The van der Waals surface area contributed by atoms with E-state index in [0.717, 1.165) is 12.0 Å². The molecule has 0 radical (unpaired) electrons. The Hall–Kier alpha value is -0.0400. The maximum atomic E-state index is 2.89. The molecule has 1 heteroatoms. The predicted molar refractivity (Wildman–Crippen MR) is 77.4 cm³/mol. The summed E-state index contributed by atoms with van der Waals surface area (Å²) in [6.07, 6.45) is 10.5. The van der Waals surface area contributed by atoms with Gasteiger partial charge in [0.25, 0.3) is 0 Å². The average molecular weight is 239 g/mol. The zero-order chi connectivity index (χ0) is 12.9. The van der Waals surface area contributed by atoms with Gasteiger partial charge in [-0.1, -0.05) is 34.6 Å². The molecular formula is C16H33N. The molecule has 2 aliphatic carbocycles. The molecule has 3 rings (SSSR count). The van der Waals surface area contributed by atoms with E-state index in [2.05, 4.69) is 11.8 Å². The zero-order valence-electron chi connectivity index (χ0n) is 12.8. The number of likely N-dealkylation sites (tertiary alicyclic amines) is 1. The molecule has 1 unspecified atom stereocenters. The molecule has 0 aromatic heterocycles. The van der Waals surface area contributed by atoms with Crippen LogP contribution in [0.2, 0.25) is 0 Å². The highest BCUT2D eigenvalue weighted by Crippen LogP contribution is 2.50. The summed E-state index contributed by atoms with van der Waals surface area (Å²) in [6, 6.07) is 1.01. The Morgan fingerprint density at radius 1 is 0.941 bits per heavy atom. The minimum atomic E-state index is 0.707. The van der Waals surface area contributed by atoms with Gasteiger partial charge in [-0.15, -0.1) is 0 Å². The lowest BCUT2D eigenvalue weighted by Crippen LogP contribution is -2.58. The molecule has 17 heavy (non-hydrogen) atoms. The van der Waals surface area contributed by atoms with E-state index in [4.69, 9.17) is 0 Å². The number of hydrogen-bond acceptors (Lipinski definition) is 1. The summed E-state index contributed by atoms with van der Waals surface area (Å²) in [7, 11) is 0. The van der Waals surface area contributed by atoms with Gasteiger partial charge in [0.05, 0.1) is 0 Å². The van der Waals surface area contributed by atoms with Crippen molar-refractivity contribution in [2.75, 3.05) is 6.54 Å². The van der Waals surface area contributed by atoms with Crippen molar-refractivity contribution in [1.82, 2.24) is 4.90 Å². The molecule has 0 N–H and O–H groups in total. The lowest BCUT2D eigenvalue weighted by Gasteiger charge is -2.55. The SMILES string of the molecule is CC.CC.CC1CCN(C2CC2)C2(CCC2)C1. The summed E-state index contributed by atoms with van der Waals surface area (Å²) in [5.41, 5.74) is 0.707. The predicted octanol–water partition coefficient (Wildman–Crippen LogP) is 4.86. The van der Waals surface area contributed by atoms with Gasteiger partial charge in [0.1, 0.15) is 0 Å². The van der Waals surface area contributed by atoms with Crippen molar-refractivity contribution >= 4 is 0 Å². The Balaban J connectivity index is 0.000000330. The molecule has 0 aromatic carbocycles. The highest BCUT2D eigenvalue weighted by Gasteiger charge is 2.50. The van der Waals surface area contributed by atoms with Crippen LogP contribution in [-0.2, 0) is 0 Å². The molecule has 2 saturated carbocycles. The lowest BCUT2D eigenvalue weighted by molar-refractivity contribution is -0.0405. The van der Waals surface area contributed by atoms with Crippen molar-refractivity contribution in [3.05, 3.63) is 0 Å². The summed E-state index contributed by atoms with van der Waals surface area (Å²) < 4.78 is 0. The van der Waals surface area contributed by atoms with Gasteiger partial charge < -0.3 is 0 Å². The normalized spacial score (nSPS) is 30.5. The van der Waals surface area contributed by atoms with E-state index in [0.29, 0.717) is 5.54 Å². The second-order valence-corrected chi connectivity index (χ2v) is 5.60. The Morgan fingerprint density at radius 3 is 1.94 bits per heavy atom. The number of rotatable bonds is 1. The Bertz CT molecular complexity index is 204. The zero-order valence-corrected chi connectivity index (χ0v) is 12.8. The summed E-state index contributed by atoms with van der Waals surface area (Å²) in [5, 5.41) is 0. The van der Waals surface area contributed by atoms with Crippen LogP contribution in [0.4, 0.5) is 0 Å². The van der Waals surface area contributed by atoms with Gasteiger partial charge in [-0.3, -0.25) is 4.90 Å². The standard InChI is InChI=1S/C12H21N.2C2H6/c1-10-5-8-13(11-3-4-11)12(9-10)6-2-7-12;2*1-2/h10-11H,2-9H2,1H3;2*1-2H3. The van der Waals surface area contributed by atoms with Gasteiger partial charge in [-0.25, -0.2) is 0 Å². The van der Waals surface area contributed by atoms with Crippen LogP contribution in [0.25, 0.3) is 0 Å². The van der Waals surface area contributed by atoms with E-state index < -0.39 is 0 Å². The van der Waals surface area contributed by atoms with Crippen molar-refractivity contribution in [2.24, 2.45) is 5.92 Å². The minimum Gasteiger partial charge on any atom is -0.295 e. The van der Waals surface area contributed by atoms with E-state index in [-0.39, 0.29) is 0 Å². The maximum Gasteiger partial charge on any atom is 0.0215 e. The molecule has 0 amide bonds. The molecule has 0 bridgehead atoms. The first-order valence-corrected chi connectivity index (χ1v) is 8.07. The second-order valence-electron chi connectivity index (χ2n) is 5.60. The van der Waals surface area contributed by atoms with Gasteiger partial charge in [0, 0.05) is 11.6 Å². The van der Waals surface area contributed by atoms with E-state index in [9.17, 15) is 0 Å². The second kappa shape index (κ2) is 6.78. The summed E-state index contributed by atoms with van der Waals surface area (Å²) in [6.45, 7) is 11.9. The monoisotopic (exact) mass is 239 g/mol. The molecule has 0 aromatic rings. The van der Waals surface area contributed by atoms with E-state index in [1.54, 1.807) is 0 Å². The van der Waals surface area contributed by atoms with Gasteiger partial charge in [-0.2, -0.15) is 0 Å². The quantitative estimate of drug-likeness (QED) is 0.632. The third-order valence-corrected chi connectivity index (χ3v) is 4.47. The largest absolute Gasteiger partial charge is 0.295 e. The highest BCUT2D eigenvalue weighted by atomic mass is 15.3. The van der Waals surface area contributed by atoms with Crippen LogP contribution < -0.4 is 0 Å². The number of nitrogens with zero attached hydrogens (tertiary/aromatic N) is 1. The first kappa shape index (κ1) is 15.0. The maximum absolute atomic E-state index is 2.89. The third kappa shape index (κ3) is 3.24. The van der Waals surface area contributed by atoms with Crippen LogP contribution >= 0.6 is 0 Å². The van der Waals surface area contributed by atoms with Gasteiger partial charge >= 0.3 is 0 Å². The topological polar surface area (TPSA) is 3.24 Å². The minimum absolute atomic E-state index is 0.707. The van der Waals surface area contributed by atoms with Crippen LogP contribution in [0.3, 0.4) is 0 Å². The van der Waals surface area contributed by atoms with Crippen LogP contribution in [0.5, 0.6) is 0 Å². The molecule has 1 spiro atoms. The summed E-state index contributed by atoms with van der Waals surface area (Å²) >= 11 is 0. The van der Waals surface area contributed by atoms with Crippen molar-refractivity contribution in [2.45, 2.75) is 91.1 Å². The van der Waals surface area contributed by atoms with E-state index >= 15 is 0 Å². The van der Waals surface area contributed by atoms with Crippen molar-refractivity contribution in [3.8, 4) is 0 Å². The van der Waals surface area contributed by atoms with Crippen molar-refractivity contribution in [1.29, 1.82) is 0 Å². The van der Waals surface area contributed by atoms with E-state index in [1.807, 2.05) is 27.7 Å². The number of hydrogen-bond donors (Lipinski definition) is 0. The van der Waals surface area contributed by atoms with Gasteiger partial charge in [0.15, 0.2) is 0 Å². The summed E-state index contributed by atoms with van der Waals surface area (Å²) in [4.78, 5) is 2.89. The fraction of sp³-hybridized carbons (Fsp3) is 1.00. The Morgan fingerprint density at radius 2 is 1.53 bits per heavy atom. The van der Waals surface area contributed by atoms with Crippen LogP contribution in [0, 0.1) is 5.92 Å². The molecule has 1 aliphatic heterocycles. The fourth-order valence-electron chi connectivity index (χ4n) is 3.50. The van der Waals surface area contributed by atoms with Gasteiger partial charge in [0.2, 0.25) is 0 Å². The van der Waals surface area contributed by atoms with Crippen LogP contribution in [-0.4, -0.2) is 23.0 Å². The first-order valence-electron chi connectivity index (χ1n) is 8.07. The molecule has 3 fully saturated rings. The highest BCUT2D eigenvalue weighted by molar-refractivity contribution is 5.06.